The maximum absolute atomic E-state index is 12.4. The summed E-state index contributed by atoms with van der Waals surface area (Å²) in [6, 6.07) is 8.92. The number of hydrogen-bond donors (Lipinski definition) is 3. The molecule has 1 aromatic carbocycles. The number of aryl methyl sites for hydroxylation is 1. The average molecular weight is 468 g/mol. The van der Waals surface area contributed by atoms with Crippen LogP contribution in [0.2, 0.25) is 0 Å². The topological polar surface area (TPSA) is 117 Å². The fourth-order valence-electron chi connectivity index (χ4n) is 3.54. The zero-order valence-corrected chi connectivity index (χ0v) is 19.0. The molecular formula is C23H25N5O4S. The molecule has 3 aromatic rings. The third kappa shape index (κ3) is 5.98. The minimum Gasteiger partial charge on any atom is -0.469 e. The van der Waals surface area contributed by atoms with Gasteiger partial charge in [0.25, 0.3) is 5.91 Å². The van der Waals surface area contributed by atoms with Crippen LogP contribution >= 0.6 is 11.3 Å². The van der Waals surface area contributed by atoms with Gasteiger partial charge < -0.3 is 20.0 Å². The van der Waals surface area contributed by atoms with Gasteiger partial charge in [-0.1, -0.05) is 12.1 Å². The maximum atomic E-state index is 12.4. The molecule has 0 radical (unpaired) electrons. The van der Waals surface area contributed by atoms with Crippen LogP contribution in [-0.2, 0) is 17.8 Å². The number of thiazole rings is 1. The highest BCUT2D eigenvalue weighted by atomic mass is 32.1. The number of nitrogens with zero attached hydrogens (tertiary/aromatic N) is 2. The van der Waals surface area contributed by atoms with Gasteiger partial charge in [0.2, 0.25) is 5.91 Å². The van der Waals surface area contributed by atoms with Crippen molar-refractivity contribution in [1.82, 2.24) is 15.2 Å². The van der Waals surface area contributed by atoms with Crippen LogP contribution in [0.5, 0.6) is 0 Å². The van der Waals surface area contributed by atoms with Gasteiger partial charge in [-0.25, -0.2) is 9.78 Å². The predicted octanol–water partition coefficient (Wildman–Crippen LogP) is 3.78. The highest BCUT2D eigenvalue weighted by molar-refractivity contribution is 7.14. The summed E-state index contributed by atoms with van der Waals surface area (Å²) in [5.41, 5.74) is 2.60. The lowest BCUT2D eigenvalue weighted by molar-refractivity contribution is -0.120. The van der Waals surface area contributed by atoms with Crippen molar-refractivity contribution in [2.75, 3.05) is 23.7 Å². The SMILES string of the molecule is Cc1occc1C(=O)Nc1nc(CC(=O)NCc2cccc(NC(=O)N3CCCC3)c2)cs1. The molecule has 0 aliphatic carbocycles. The molecule has 4 amide bonds. The molecule has 1 fully saturated rings. The summed E-state index contributed by atoms with van der Waals surface area (Å²) < 4.78 is 5.14. The van der Waals surface area contributed by atoms with E-state index in [4.69, 9.17) is 4.42 Å². The van der Waals surface area contributed by atoms with Gasteiger partial charge in [-0.15, -0.1) is 11.3 Å². The monoisotopic (exact) mass is 467 g/mol. The molecule has 3 heterocycles. The van der Waals surface area contributed by atoms with Crippen molar-refractivity contribution in [3.63, 3.8) is 0 Å². The number of amides is 4. The first-order chi connectivity index (χ1) is 16.0. The van der Waals surface area contributed by atoms with Crippen LogP contribution in [0.4, 0.5) is 15.6 Å². The zero-order chi connectivity index (χ0) is 23.2. The van der Waals surface area contributed by atoms with Crippen LogP contribution in [0.3, 0.4) is 0 Å². The van der Waals surface area contributed by atoms with E-state index in [1.54, 1.807) is 23.3 Å². The molecule has 0 atom stereocenters. The molecule has 3 N–H and O–H groups in total. The second-order valence-electron chi connectivity index (χ2n) is 7.77. The first kappa shape index (κ1) is 22.5. The number of carbonyl (C=O) groups excluding carboxylic acids is 3. The molecule has 0 spiro atoms. The van der Waals surface area contributed by atoms with Gasteiger partial charge in [-0.3, -0.25) is 14.9 Å². The van der Waals surface area contributed by atoms with Gasteiger partial charge >= 0.3 is 6.03 Å². The van der Waals surface area contributed by atoms with Crippen molar-refractivity contribution in [2.24, 2.45) is 0 Å². The second kappa shape index (κ2) is 10.3. The van der Waals surface area contributed by atoms with Crippen molar-refractivity contribution in [3.8, 4) is 0 Å². The van der Waals surface area contributed by atoms with E-state index < -0.39 is 0 Å². The number of likely N-dealkylation sites (tertiary alicyclic amines) is 1. The minimum atomic E-state index is -0.302. The van der Waals surface area contributed by atoms with Crippen molar-refractivity contribution in [1.29, 1.82) is 0 Å². The summed E-state index contributed by atoms with van der Waals surface area (Å²) in [5.74, 6) is 0.0435. The summed E-state index contributed by atoms with van der Waals surface area (Å²) in [4.78, 5) is 43.0. The second-order valence-corrected chi connectivity index (χ2v) is 8.62. The van der Waals surface area contributed by atoms with Crippen LogP contribution in [0.1, 0.15) is 40.2 Å². The standard InChI is InChI=1S/C23H25N5O4S/c1-15-19(7-10-32-15)21(30)27-22-25-18(14-33-22)12-20(29)24-13-16-5-4-6-17(11-16)26-23(31)28-8-2-3-9-28/h4-7,10-11,14H,2-3,8-9,12-13H2,1H3,(H,24,29)(H,26,31)(H,25,27,30). The molecule has 1 saturated heterocycles. The van der Waals surface area contributed by atoms with Crippen molar-refractivity contribution in [3.05, 3.63) is 64.6 Å². The smallest absolute Gasteiger partial charge is 0.321 e. The number of rotatable bonds is 7. The molecule has 1 aliphatic heterocycles. The van der Waals surface area contributed by atoms with E-state index in [1.165, 1.54) is 17.6 Å². The van der Waals surface area contributed by atoms with E-state index in [2.05, 4.69) is 20.9 Å². The minimum absolute atomic E-state index is 0.0944. The summed E-state index contributed by atoms with van der Waals surface area (Å²) in [6.07, 6.45) is 3.63. The van der Waals surface area contributed by atoms with Crippen molar-refractivity contribution >= 4 is 40.0 Å². The third-order valence-electron chi connectivity index (χ3n) is 5.28. The molecule has 1 aliphatic rings. The molecular weight excluding hydrogens is 442 g/mol. The third-order valence-corrected chi connectivity index (χ3v) is 6.09. The lowest BCUT2D eigenvalue weighted by Crippen LogP contribution is -2.32. The lowest BCUT2D eigenvalue weighted by Gasteiger charge is -2.16. The Morgan fingerprint density at radius 1 is 1.15 bits per heavy atom. The van der Waals surface area contributed by atoms with Gasteiger partial charge in [-0.2, -0.15) is 0 Å². The Bertz CT molecular complexity index is 1150. The first-order valence-electron chi connectivity index (χ1n) is 10.7. The number of carbonyl (C=O) groups is 3. The summed E-state index contributed by atoms with van der Waals surface area (Å²) in [7, 11) is 0. The largest absolute Gasteiger partial charge is 0.469 e. The number of hydrogen-bond acceptors (Lipinski definition) is 6. The van der Waals surface area contributed by atoms with E-state index in [0.29, 0.717) is 34.4 Å². The number of benzene rings is 1. The normalized spacial score (nSPS) is 13.1. The average Bonchev–Trinajstić information content (AvgIpc) is 3.55. The Kier molecular flexibility index (Phi) is 7.04. The Hall–Kier alpha value is -3.66. The molecule has 9 nitrogen and oxygen atoms in total. The van der Waals surface area contributed by atoms with E-state index in [-0.39, 0.29) is 24.3 Å². The van der Waals surface area contributed by atoms with Gasteiger partial charge in [-0.05, 0) is 43.5 Å². The van der Waals surface area contributed by atoms with Gasteiger partial charge in [0.05, 0.1) is 23.9 Å². The summed E-state index contributed by atoms with van der Waals surface area (Å²) in [6.45, 7) is 3.61. The Labute approximate surface area is 195 Å². The number of anilines is 2. The number of nitrogens with one attached hydrogen (secondary N) is 3. The zero-order valence-electron chi connectivity index (χ0n) is 18.2. The molecule has 2 aromatic heterocycles. The summed E-state index contributed by atoms with van der Waals surface area (Å²) in [5, 5.41) is 10.7. The van der Waals surface area contributed by atoms with Crippen molar-refractivity contribution < 1.29 is 18.8 Å². The summed E-state index contributed by atoms with van der Waals surface area (Å²) >= 11 is 1.26. The van der Waals surface area contributed by atoms with Crippen LogP contribution in [0.25, 0.3) is 0 Å². The fourth-order valence-corrected chi connectivity index (χ4v) is 4.25. The Balaban J connectivity index is 1.25. The van der Waals surface area contributed by atoms with Crippen LogP contribution in [0.15, 0.2) is 46.4 Å². The van der Waals surface area contributed by atoms with Gasteiger partial charge in [0.15, 0.2) is 5.13 Å². The van der Waals surface area contributed by atoms with Gasteiger partial charge in [0, 0.05) is 30.7 Å². The van der Waals surface area contributed by atoms with E-state index in [9.17, 15) is 14.4 Å². The number of furan rings is 1. The van der Waals surface area contributed by atoms with Crippen LogP contribution in [0, 0.1) is 6.92 Å². The molecule has 0 saturated carbocycles. The molecule has 172 valence electrons. The van der Waals surface area contributed by atoms with E-state index in [1.807, 2.05) is 24.3 Å². The highest BCUT2D eigenvalue weighted by Crippen LogP contribution is 2.19. The maximum Gasteiger partial charge on any atom is 0.321 e. The lowest BCUT2D eigenvalue weighted by atomic mass is 10.2. The van der Waals surface area contributed by atoms with E-state index >= 15 is 0 Å². The van der Waals surface area contributed by atoms with Gasteiger partial charge in [0.1, 0.15) is 5.76 Å². The molecule has 10 heteroatoms. The highest BCUT2D eigenvalue weighted by Gasteiger charge is 2.18. The first-order valence-corrected chi connectivity index (χ1v) is 11.6. The molecule has 0 bridgehead atoms. The number of urea groups is 1. The molecule has 4 rings (SSSR count). The fraction of sp³-hybridized carbons (Fsp3) is 0.304. The molecule has 0 unspecified atom stereocenters. The molecule has 33 heavy (non-hydrogen) atoms. The van der Waals surface area contributed by atoms with Crippen molar-refractivity contribution in [2.45, 2.75) is 32.7 Å². The predicted molar refractivity (Wildman–Crippen MR) is 125 cm³/mol. The van der Waals surface area contributed by atoms with E-state index in [0.717, 1.165) is 31.5 Å². The van der Waals surface area contributed by atoms with Crippen LogP contribution in [-0.4, -0.2) is 40.8 Å². The number of aromatic nitrogens is 1. The quantitative estimate of drug-likeness (QED) is 0.489. The Morgan fingerprint density at radius 2 is 1.97 bits per heavy atom. The Morgan fingerprint density at radius 3 is 2.73 bits per heavy atom. The van der Waals surface area contributed by atoms with Crippen LogP contribution < -0.4 is 16.0 Å².